The summed E-state index contributed by atoms with van der Waals surface area (Å²) < 4.78 is 5.52. The normalized spacial score (nSPS) is 11.4. The number of carbonyl (C=O) groups is 2. The molecule has 1 aromatic heterocycles. The summed E-state index contributed by atoms with van der Waals surface area (Å²) in [7, 11) is 0. The molecule has 0 aliphatic carbocycles. The van der Waals surface area contributed by atoms with Crippen LogP contribution in [-0.2, 0) is 9.53 Å². The van der Waals surface area contributed by atoms with Crippen molar-refractivity contribution in [2.45, 2.75) is 58.5 Å². The van der Waals surface area contributed by atoms with Gasteiger partial charge in [0.25, 0.3) is 5.91 Å². The molecule has 0 aliphatic rings. The highest BCUT2D eigenvalue weighted by molar-refractivity contribution is 6.09. The summed E-state index contributed by atoms with van der Waals surface area (Å²) in [6, 6.07) is 5.23. The molecule has 1 amide bonds. The van der Waals surface area contributed by atoms with Gasteiger partial charge in [0.15, 0.2) is 0 Å². The first-order valence-electron chi connectivity index (χ1n) is 9.69. The molecule has 2 rings (SSSR count). The van der Waals surface area contributed by atoms with E-state index in [1.807, 2.05) is 0 Å². The zero-order chi connectivity index (χ0) is 20.7. The first kappa shape index (κ1) is 21.5. The number of nitrogens with two attached hydrogens (primary N) is 1. The molecular formula is C21H30N4O3. The summed E-state index contributed by atoms with van der Waals surface area (Å²) >= 11 is 0. The van der Waals surface area contributed by atoms with Crippen molar-refractivity contribution in [2.75, 3.05) is 6.54 Å². The van der Waals surface area contributed by atoms with Crippen LogP contribution in [0.25, 0.3) is 10.9 Å². The van der Waals surface area contributed by atoms with Crippen molar-refractivity contribution in [1.29, 1.82) is 5.41 Å². The van der Waals surface area contributed by atoms with Gasteiger partial charge in [-0.25, -0.2) is 0 Å². The number of rotatable bonds is 10. The van der Waals surface area contributed by atoms with E-state index >= 15 is 0 Å². The van der Waals surface area contributed by atoms with E-state index in [2.05, 4.69) is 17.2 Å². The zero-order valence-corrected chi connectivity index (χ0v) is 16.9. The number of H-pyrrole nitrogens is 1. The fraction of sp³-hybridized carbons (Fsp3) is 0.476. The molecule has 2 aromatic rings. The van der Waals surface area contributed by atoms with Crippen LogP contribution in [0.1, 0.15) is 68.8 Å². The number of ether oxygens (including phenoxy) is 1. The van der Waals surface area contributed by atoms with E-state index in [0.717, 1.165) is 31.2 Å². The molecule has 152 valence electrons. The standard InChI is InChI=1S/C21H30N4O3/c1-4-5-6-7-8-18(26)28-21(2,3)13-25-20(27)16-12-24-17-10-9-14(19(22)23)11-15(16)17/h9-12,24H,4-8,13H2,1-3H3,(H3,22,23)(H,25,27). The third-order valence-corrected chi connectivity index (χ3v) is 4.54. The maximum absolute atomic E-state index is 12.6. The quantitative estimate of drug-likeness (QED) is 0.216. The van der Waals surface area contributed by atoms with Crippen molar-refractivity contribution in [2.24, 2.45) is 5.73 Å². The Morgan fingerprint density at radius 2 is 2.00 bits per heavy atom. The molecule has 0 fully saturated rings. The van der Waals surface area contributed by atoms with Crippen LogP contribution < -0.4 is 11.1 Å². The van der Waals surface area contributed by atoms with Crippen molar-refractivity contribution in [3.05, 3.63) is 35.5 Å². The second-order valence-electron chi connectivity index (χ2n) is 7.60. The number of nitrogens with one attached hydrogen (secondary N) is 3. The van der Waals surface area contributed by atoms with Crippen LogP contribution in [0, 0.1) is 5.41 Å². The molecular weight excluding hydrogens is 356 g/mol. The predicted molar refractivity (Wildman–Crippen MR) is 111 cm³/mol. The molecule has 0 bridgehead atoms. The summed E-state index contributed by atoms with van der Waals surface area (Å²) in [4.78, 5) is 27.7. The Morgan fingerprint density at radius 3 is 2.68 bits per heavy atom. The SMILES string of the molecule is CCCCCCC(=O)OC(C)(C)CNC(=O)c1c[nH]c2ccc(C(=N)N)cc12. The maximum atomic E-state index is 12.6. The van der Waals surface area contributed by atoms with Gasteiger partial charge in [0, 0.05) is 29.1 Å². The Kier molecular flexibility index (Phi) is 7.20. The van der Waals surface area contributed by atoms with Gasteiger partial charge in [0.1, 0.15) is 11.4 Å². The number of nitrogen functional groups attached to an aromatic ring is 1. The zero-order valence-electron chi connectivity index (χ0n) is 16.9. The van der Waals surface area contributed by atoms with E-state index in [1.165, 1.54) is 0 Å². The Hall–Kier alpha value is -2.83. The van der Waals surface area contributed by atoms with Crippen molar-refractivity contribution >= 4 is 28.6 Å². The average molecular weight is 386 g/mol. The molecule has 0 saturated carbocycles. The Bertz CT molecular complexity index is 854. The van der Waals surface area contributed by atoms with Crippen LogP contribution in [0.15, 0.2) is 24.4 Å². The number of hydrogen-bond donors (Lipinski definition) is 4. The molecule has 7 heteroatoms. The predicted octanol–water partition coefficient (Wildman–Crippen LogP) is 3.47. The highest BCUT2D eigenvalue weighted by Crippen LogP contribution is 2.20. The second-order valence-corrected chi connectivity index (χ2v) is 7.60. The molecule has 0 radical (unpaired) electrons. The average Bonchev–Trinajstić information content (AvgIpc) is 3.06. The molecule has 1 heterocycles. The van der Waals surface area contributed by atoms with Crippen molar-refractivity contribution in [3.63, 3.8) is 0 Å². The molecule has 7 nitrogen and oxygen atoms in total. The van der Waals surface area contributed by atoms with E-state index in [4.69, 9.17) is 15.9 Å². The van der Waals surface area contributed by atoms with Crippen LogP contribution >= 0.6 is 0 Å². The van der Waals surface area contributed by atoms with Gasteiger partial charge >= 0.3 is 5.97 Å². The number of amidine groups is 1. The minimum absolute atomic E-state index is 0.0542. The maximum Gasteiger partial charge on any atom is 0.306 e. The van der Waals surface area contributed by atoms with Gasteiger partial charge in [-0.2, -0.15) is 0 Å². The number of hydrogen-bond acceptors (Lipinski definition) is 4. The van der Waals surface area contributed by atoms with E-state index in [0.29, 0.717) is 22.9 Å². The summed E-state index contributed by atoms with van der Waals surface area (Å²) in [6.45, 7) is 5.88. The minimum atomic E-state index is -0.797. The van der Waals surface area contributed by atoms with Gasteiger partial charge in [0.2, 0.25) is 0 Å². The summed E-state index contributed by atoms with van der Waals surface area (Å²) in [5.41, 5.74) is 6.54. The minimum Gasteiger partial charge on any atom is -0.458 e. The first-order chi connectivity index (χ1) is 13.2. The van der Waals surface area contributed by atoms with E-state index in [1.54, 1.807) is 38.2 Å². The fourth-order valence-corrected chi connectivity index (χ4v) is 2.96. The molecule has 0 saturated heterocycles. The van der Waals surface area contributed by atoms with E-state index < -0.39 is 5.60 Å². The highest BCUT2D eigenvalue weighted by Gasteiger charge is 2.24. The number of fused-ring (bicyclic) bond motifs is 1. The molecule has 0 aliphatic heterocycles. The Balaban J connectivity index is 1.95. The van der Waals surface area contributed by atoms with Gasteiger partial charge in [-0.15, -0.1) is 0 Å². The Morgan fingerprint density at radius 1 is 1.25 bits per heavy atom. The lowest BCUT2D eigenvalue weighted by atomic mass is 10.1. The summed E-state index contributed by atoms with van der Waals surface area (Å²) in [6.07, 6.45) is 6.09. The fourth-order valence-electron chi connectivity index (χ4n) is 2.96. The topological polar surface area (TPSA) is 121 Å². The van der Waals surface area contributed by atoms with Crippen LogP contribution in [0.4, 0.5) is 0 Å². The van der Waals surface area contributed by atoms with Crippen LogP contribution in [-0.4, -0.2) is 34.8 Å². The lowest BCUT2D eigenvalue weighted by Crippen LogP contribution is -2.41. The number of amides is 1. The highest BCUT2D eigenvalue weighted by atomic mass is 16.6. The smallest absolute Gasteiger partial charge is 0.306 e. The van der Waals surface area contributed by atoms with Crippen LogP contribution in [0.2, 0.25) is 0 Å². The number of benzene rings is 1. The summed E-state index contributed by atoms with van der Waals surface area (Å²) in [5, 5.41) is 11.1. The van der Waals surface area contributed by atoms with Gasteiger partial charge in [-0.1, -0.05) is 26.2 Å². The molecule has 1 aromatic carbocycles. The van der Waals surface area contributed by atoms with Crippen molar-refractivity contribution in [3.8, 4) is 0 Å². The lowest BCUT2D eigenvalue weighted by molar-refractivity contribution is -0.156. The molecule has 28 heavy (non-hydrogen) atoms. The largest absolute Gasteiger partial charge is 0.458 e. The third kappa shape index (κ3) is 5.84. The van der Waals surface area contributed by atoms with Crippen LogP contribution in [0.5, 0.6) is 0 Å². The van der Waals surface area contributed by atoms with Crippen molar-refractivity contribution in [1.82, 2.24) is 10.3 Å². The van der Waals surface area contributed by atoms with Crippen molar-refractivity contribution < 1.29 is 14.3 Å². The number of esters is 1. The van der Waals surface area contributed by atoms with Crippen LogP contribution in [0.3, 0.4) is 0 Å². The monoisotopic (exact) mass is 386 g/mol. The molecule has 5 N–H and O–H groups in total. The molecule has 0 unspecified atom stereocenters. The van der Waals surface area contributed by atoms with E-state index in [-0.39, 0.29) is 24.3 Å². The molecule has 0 atom stereocenters. The second kappa shape index (κ2) is 9.39. The summed E-state index contributed by atoms with van der Waals surface area (Å²) in [5.74, 6) is -0.575. The third-order valence-electron chi connectivity index (χ3n) is 4.54. The van der Waals surface area contributed by atoms with Gasteiger partial charge < -0.3 is 20.8 Å². The van der Waals surface area contributed by atoms with E-state index in [9.17, 15) is 9.59 Å². The van der Waals surface area contributed by atoms with Gasteiger partial charge in [0.05, 0.1) is 12.1 Å². The number of unbranched alkanes of at least 4 members (excludes halogenated alkanes) is 3. The first-order valence-corrected chi connectivity index (χ1v) is 9.69. The number of aromatic amines is 1. The molecule has 0 spiro atoms. The lowest BCUT2D eigenvalue weighted by Gasteiger charge is -2.25. The van der Waals surface area contributed by atoms with Gasteiger partial charge in [-0.05, 0) is 38.5 Å². The van der Waals surface area contributed by atoms with Gasteiger partial charge in [-0.3, -0.25) is 15.0 Å². The Labute approximate surface area is 165 Å². The number of aromatic nitrogens is 1. The number of carbonyl (C=O) groups excluding carboxylic acids is 2.